The average molecular weight is 364 g/mol. The number of rotatable bonds is 8. The molecule has 2 aromatic rings. The molecule has 1 amide bonds. The molecule has 0 radical (unpaired) electrons. The van der Waals surface area contributed by atoms with Gasteiger partial charge in [-0.3, -0.25) is 9.59 Å². The van der Waals surface area contributed by atoms with Crippen LogP contribution in [0.2, 0.25) is 0 Å². The zero-order chi connectivity index (χ0) is 18.4. The molecule has 0 unspecified atom stereocenters. The molecule has 8 heteroatoms. The molecule has 1 aromatic heterocycles. The van der Waals surface area contributed by atoms with Gasteiger partial charge in [0, 0.05) is 24.5 Å². The lowest BCUT2D eigenvalue weighted by Crippen LogP contribution is -2.30. The van der Waals surface area contributed by atoms with Gasteiger partial charge < -0.3 is 19.5 Å². The number of carboxylic acids is 1. The van der Waals surface area contributed by atoms with Crippen LogP contribution in [0.25, 0.3) is 10.6 Å². The number of amides is 1. The van der Waals surface area contributed by atoms with E-state index in [2.05, 4.69) is 4.98 Å². The summed E-state index contributed by atoms with van der Waals surface area (Å²) in [6.45, 7) is 0.181. The van der Waals surface area contributed by atoms with Gasteiger partial charge in [-0.15, -0.1) is 11.3 Å². The number of aromatic nitrogens is 1. The standard InChI is InChI=1S/C17H20N2O5S/c1-19(7-6-16(21)22)15(20)9-12-10-25-17(18-12)11-4-5-13(23-2)14(8-11)24-3/h4-5,8,10H,6-7,9H2,1-3H3,(H,21,22). The molecule has 0 saturated heterocycles. The fourth-order valence-electron chi connectivity index (χ4n) is 2.17. The first-order valence-corrected chi connectivity index (χ1v) is 8.45. The van der Waals surface area contributed by atoms with E-state index in [1.54, 1.807) is 27.3 Å². The van der Waals surface area contributed by atoms with Gasteiger partial charge in [0.05, 0.1) is 32.8 Å². The first-order chi connectivity index (χ1) is 11.9. The quantitative estimate of drug-likeness (QED) is 0.773. The minimum absolute atomic E-state index is 0.0732. The van der Waals surface area contributed by atoms with Crippen LogP contribution in [0.3, 0.4) is 0 Å². The molecule has 1 aromatic carbocycles. The highest BCUT2D eigenvalue weighted by molar-refractivity contribution is 7.13. The zero-order valence-corrected chi connectivity index (χ0v) is 15.1. The Hall–Kier alpha value is -2.61. The second kappa shape index (κ2) is 8.48. The second-order valence-corrected chi connectivity index (χ2v) is 6.21. The van der Waals surface area contributed by atoms with Crippen LogP contribution in [0, 0.1) is 0 Å². The molecule has 2 rings (SSSR count). The molecule has 0 aliphatic carbocycles. The number of aliphatic carboxylic acids is 1. The van der Waals surface area contributed by atoms with E-state index < -0.39 is 5.97 Å². The van der Waals surface area contributed by atoms with Gasteiger partial charge >= 0.3 is 5.97 Å². The molecule has 0 aliphatic rings. The fourth-order valence-corrected chi connectivity index (χ4v) is 2.98. The van der Waals surface area contributed by atoms with Crippen LogP contribution in [0.4, 0.5) is 0 Å². The van der Waals surface area contributed by atoms with Crippen LogP contribution in [0.15, 0.2) is 23.6 Å². The third kappa shape index (κ3) is 4.93. The van der Waals surface area contributed by atoms with Crippen molar-refractivity contribution < 1.29 is 24.2 Å². The highest BCUT2D eigenvalue weighted by Crippen LogP contribution is 2.33. The summed E-state index contributed by atoms with van der Waals surface area (Å²) in [6.07, 6.45) is 0.0656. The summed E-state index contributed by atoms with van der Waals surface area (Å²) in [7, 11) is 4.74. The van der Waals surface area contributed by atoms with Crippen molar-refractivity contribution in [3.8, 4) is 22.1 Å². The van der Waals surface area contributed by atoms with E-state index in [4.69, 9.17) is 14.6 Å². The number of benzene rings is 1. The summed E-state index contributed by atoms with van der Waals surface area (Å²) < 4.78 is 10.5. The van der Waals surface area contributed by atoms with Gasteiger partial charge in [0.1, 0.15) is 5.01 Å². The number of hydrogen-bond acceptors (Lipinski definition) is 6. The Labute approximate surface area is 149 Å². The monoisotopic (exact) mass is 364 g/mol. The van der Waals surface area contributed by atoms with Gasteiger partial charge in [0.25, 0.3) is 0 Å². The van der Waals surface area contributed by atoms with Crippen LogP contribution >= 0.6 is 11.3 Å². The lowest BCUT2D eigenvalue weighted by Gasteiger charge is -2.15. The third-order valence-corrected chi connectivity index (χ3v) is 4.54. The second-order valence-electron chi connectivity index (χ2n) is 5.35. The molecule has 7 nitrogen and oxygen atoms in total. The first kappa shape index (κ1) is 18.7. The molecular formula is C17H20N2O5S. The molecule has 0 atom stereocenters. The van der Waals surface area contributed by atoms with E-state index in [-0.39, 0.29) is 25.3 Å². The van der Waals surface area contributed by atoms with Crippen molar-refractivity contribution in [2.24, 2.45) is 0 Å². The number of carbonyl (C=O) groups excluding carboxylic acids is 1. The number of thiazole rings is 1. The molecule has 1 heterocycles. The number of ether oxygens (including phenoxy) is 2. The molecular weight excluding hydrogens is 344 g/mol. The Morgan fingerprint density at radius 2 is 1.96 bits per heavy atom. The van der Waals surface area contributed by atoms with Gasteiger partial charge in [-0.2, -0.15) is 0 Å². The number of methoxy groups -OCH3 is 2. The summed E-state index contributed by atoms with van der Waals surface area (Å²) in [5.74, 6) is 0.161. The summed E-state index contributed by atoms with van der Waals surface area (Å²) >= 11 is 1.43. The highest BCUT2D eigenvalue weighted by Gasteiger charge is 2.14. The van der Waals surface area contributed by atoms with Crippen LogP contribution in [-0.4, -0.2) is 54.7 Å². The lowest BCUT2D eigenvalue weighted by atomic mass is 10.2. The molecule has 0 bridgehead atoms. The molecule has 25 heavy (non-hydrogen) atoms. The van der Waals surface area contributed by atoms with E-state index >= 15 is 0 Å². The minimum Gasteiger partial charge on any atom is -0.493 e. The summed E-state index contributed by atoms with van der Waals surface area (Å²) in [4.78, 5) is 28.6. The predicted molar refractivity (Wildman–Crippen MR) is 94.2 cm³/mol. The normalized spacial score (nSPS) is 10.4. The molecule has 134 valence electrons. The Bertz CT molecular complexity index is 759. The number of carboxylic acid groups (broad SMARTS) is 1. The van der Waals surface area contributed by atoms with Crippen LogP contribution < -0.4 is 9.47 Å². The molecule has 0 aliphatic heterocycles. The third-order valence-electron chi connectivity index (χ3n) is 3.60. The van der Waals surface area contributed by atoms with Gasteiger partial charge in [-0.1, -0.05) is 0 Å². The Kier molecular flexibility index (Phi) is 6.35. The fraction of sp³-hybridized carbons (Fsp3) is 0.353. The van der Waals surface area contributed by atoms with Crippen molar-refractivity contribution in [2.75, 3.05) is 27.8 Å². The molecule has 0 saturated carbocycles. The topological polar surface area (TPSA) is 89.0 Å². The average Bonchev–Trinajstić information content (AvgIpc) is 3.07. The van der Waals surface area contributed by atoms with Crippen molar-refractivity contribution in [3.63, 3.8) is 0 Å². The van der Waals surface area contributed by atoms with Gasteiger partial charge in [0.15, 0.2) is 11.5 Å². The number of likely N-dealkylation sites (N-methyl/N-ethyl adjacent to an activating group) is 1. The van der Waals surface area contributed by atoms with Gasteiger partial charge in [-0.25, -0.2) is 4.98 Å². The highest BCUT2D eigenvalue weighted by atomic mass is 32.1. The zero-order valence-electron chi connectivity index (χ0n) is 14.3. The van der Waals surface area contributed by atoms with Gasteiger partial charge in [0.2, 0.25) is 5.91 Å². The van der Waals surface area contributed by atoms with Crippen molar-refractivity contribution >= 4 is 23.2 Å². The molecule has 0 fully saturated rings. The maximum atomic E-state index is 12.1. The van der Waals surface area contributed by atoms with Crippen molar-refractivity contribution in [3.05, 3.63) is 29.3 Å². The largest absolute Gasteiger partial charge is 0.493 e. The maximum Gasteiger partial charge on any atom is 0.305 e. The first-order valence-electron chi connectivity index (χ1n) is 7.57. The Morgan fingerprint density at radius 3 is 2.60 bits per heavy atom. The van der Waals surface area contributed by atoms with Crippen molar-refractivity contribution in [1.82, 2.24) is 9.88 Å². The molecule has 0 spiro atoms. The Balaban J connectivity index is 2.07. The number of carbonyl (C=O) groups is 2. The van der Waals surface area contributed by atoms with Crippen LogP contribution in [-0.2, 0) is 16.0 Å². The minimum atomic E-state index is -0.927. The molecule has 1 N–H and O–H groups in total. The van der Waals surface area contributed by atoms with E-state index in [0.29, 0.717) is 17.2 Å². The number of hydrogen-bond donors (Lipinski definition) is 1. The lowest BCUT2D eigenvalue weighted by molar-refractivity contribution is -0.138. The maximum absolute atomic E-state index is 12.1. The van der Waals surface area contributed by atoms with Crippen molar-refractivity contribution in [2.45, 2.75) is 12.8 Å². The number of nitrogens with zero attached hydrogens (tertiary/aromatic N) is 2. The smallest absolute Gasteiger partial charge is 0.305 e. The van der Waals surface area contributed by atoms with E-state index in [1.165, 1.54) is 16.2 Å². The summed E-state index contributed by atoms with van der Waals surface area (Å²) in [5.41, 5.74) is 1.53. The SMILES string of the molecule is COc1ccc(-c2nc(CC(=O)N(C)CCC(=O)O)cs2)cc1OC. The van der Waals surface area contributed by atoms with E-state index in [9.17, 15) is 9.59 Å². The summed E-state index contributed by atoms with van der Waals surface area (Å²) in [6, 6.07) is 5.52. The van der Waals surface area contributed by atoms with E-state index in [0.717, 1.165) is 10.6 Å². The van der Waals surface area contributed by atoms with Crippen LogP contribution in [0.5, 0.6) is 11.5 Å². The summed E-state index contributed by atoms with van der Waals surface area (Å²) in [5, 5.41) is 11.3. The van der Waals surface area contributed by atoms with Crippen LogP contribution in [0.1, 0.15) is 12.1 Å². The predicted octanol–water partition coefficient (Wildman–Crippen LogP) is 2.30. The van der Waals surface area contributed by atoms with E-state index in [1.807, 2.05) is 17.5 Å². The van der Waals surface area contributed by atoms with Gasteiger partial charge in [-0.05, 0) is 18.2 Å². The Morgan fingerprint density at radius 1 is 1.24 bits per heavy atom. The van der Waals surface area contributed by atoms with Crippen molar-refractivity contribution in [1.29, 1.82) is 0 Å².